The highest BCUT2D eigenvalue weighted by atomic mass is 32.2. The summed E-state index contributed by atoms with van der Waals surface area (Å²) in [6.45, 7) is 5.77. The van der Waals surface area contributed by atoms with E-state index in [9.17, 15) is 4.79 Å². The first-order valence-corrected chi connectivity index (χ1v) is 6.58. The largest absolute Gasteiger partial charge is 0.287 e. The van der Waals surface area contributed by atoms with Crippen molar-refractivity contribution >= 4 is 16.9 Å². The SMILES string of the molecule is C=CCC(CC(=O)SCC)c1ccccc1. The smallest absolute Gasteiger partial charge is 0.189 e. The lowest BCUT2D eigenvalue weighted by Gasteiger charge is -2.14. The molecule has 1 rings (SSSR count). The summed E-state index contributed by atoms with van der Waals surface area (Å²) in [5, 5.41) is 0.276. The molecule has 1 unspecified atom stereocenters. The van der Waals surface area contributed by atoms with Crippen LogP contribution in [0.15, 0.2) is 43.0 Å². The van der Waals surface area contributed by atoms with Crippen molar-refractivity contribution in [2.75, 3.05) is 5.75 Å². The molecular weight excluding hydrogens is 216 g/mol. The summed E-state index contributed by atoms with van der Waals surface area (Å²) in [4.78, 5) is 11.6. The quantitative estimate of drug-likeness (QED) is 0.692. The summed E-state index contributed by atoms with van der Waals surface area (Å²) < 4.78 is 0. The monoisotopic (exact) mass is 234 g/mol. The van der Waals surface area contributed by atoms with Gasteiger partial charge in [0.15, 0.2) is 5.12 Å². The molecule has 0 aliphatic rings. The van der Waals surface area contributed by atoms with Gasteiger partial charge in [-0.2, -0.15) is 0 Å². The first kappa shape index (κ1) is 13.0. The van der Waals surface area contributed by atoms with E-state index < -0.39 is 0 Å². The van der Waals surface area contributed by atoms with E-state index in [0.29, 0.717) is 6.42 Å². The molecule has 0 fully saturated rings. The van der Waals surface area contributed by atoms with Crippen LogP contribution < -0.4 is 0 Å². The highest BCUT2D eigenvalue weighted by Gasteiger charge is 2.14. The molecule has 1 atom stereocenters. The van der Waals surface area contributed by atoms with Crippen LogP contribution in [0.1, 0.15) is 31.2 Å². The molecule has 0 aliphatic carbocycles. The van der Waals surface area contributed by atoms with Gasteiger partial charge in [-0.1, -0.05) is 55.1 Å². The van der Waals surface area contributed by atoms with Crippen LogP contribution in [0.3, 0.4) is 0 Å². The Morgan fingerprint density at radius 3 is 2.69 bits per heavy atom. The average molecular weight is 234 g/mol. The maximum Gasteiger partial charge on any atom is 0.189 e. The number of benzene rings is 1. The number of allylic oxidation sites excluding steroid dienone is 1. The van der Waals surface area contributed by atoms with Gasteiger partial charge in [0.05, 0.1) is 0 Å². The zero-order chi connectivity index (χ0) is 11.8. The molecule has 0 saturated carbocycles. The first-order valence-electron chi connectivity index (χ1n) is 5.59. The fourth-order valence-electron chi connectivity index (χ4n) is 1.68. The number of thioether (sulfide) groups is 1. The van der Waals surface area contributed by atoms with E-state index in [1.807, 2.05) is 31.2 Å². The van der Waals surface area contributed by atoms with Gasteiger partial charge in [0.1, 0.15) is 0 Å². The third-order valence-electron chi connectivity index (χ3n) is 2.44. The number of rotatable bonds is 6. The highest BCUT2D eigenvalue weighted by molar-refractivity contribution is 8.13. The second-order valence-electron chi connectivity index (χ2n) is 3.64. The number of hydrogen-bond donors (Lipinski definition) is 0. The van der Waals surface area contributed by atoms with Crippen molar-refractivity contribution in [2.24, 2.45) is 0 Å². The predicted molar refractivity (Wildman–Crippen MR) is 71.8 cm³/mol. The normalized spacial score (nSPS) is 12.1. The summed E-state index contributed by atoms with van der Waals surface area (Å²) in [6.07, 6.45) is 3.36. The molecule has 16 heavy (non-hydrogen) atoms. The van der Waals surface area contributed by atoms with Crippen LogP contribution >= 0.6 is 11.8 Å². The van der Waals surface area contributed by atoms with Gasteiger partial charge < -0.3 is 0 Å². The van der Waals surface area contributed by atoms with Gasteiger partial charge in [0.2, 0.25) is 0 Å². The topological polar surface area (TPSA) is 17.1 Å². The van der Waals surface area contributed by atoms with E-state index >= 15 is 0 Å². The minimum atomic E-state index is 0.276. The Balaban J connectivity index is 2.68. The Kier molecular flexibility index (Phi) is 5.94. The molecular formula is C14H18OS. The Hall–Kier alpha value is -1.02. The predicted octanol–water partition coefficient (Wildman–Crippen LogP) is 4.02. The summed E-state index contributed by atoms with van der Waals surface area (Å²) in [5.41, 5.74) is 1.23. The lowest BCUT2D eigenvalue weighted by molar-refractivity contribution is -0.111. The summed E-state index contributed by atoms with van der Waals surface area (Å²) >= 11 is 1.41. The van der Waals surface area contributed by atoms with Crippen molar-refractivity contribution in [2.45, 2.75) is 25.7 Å². The molecule has 2 heteroatoms. The van der Waals surface area contributed by atoms with E-state index in [2.05, 4.69) is 18.7 Å². The first-order chi connectivity index (χ1) is 7.77. The zero-order valence-corrected chi connectivity index (χ0v) is 10.5. The molecule has 0 amide bonds. The number of hydrogen-bond acceptors (Lipinski definition) is 2. The number of carbonyl (C=O) groups excluding carboxylic acids is 1. The minimum Gasteiger partial charge on any atom is -0.287 e. The summed E-state index contributed by atoms with van der Waals surface area (Å²) in [7, 11) is 0. The molecule has 0 saturated heterocycles. The summed E-state index contributed by atoms with van der Waals surface area (Å²) in [5.74, 6) is 1.14. The molecule has 1 aromatic rings. The second kappa shape index (κ2) is 7.29. The van der Waals surface area contributed by atoms with Crippen LogP contribution in [0.2, 0.25) is 0 Å². The van der Waals surface area contributed by atoms with Crippen molar-refractivity contribution in [3.8, 4) is 0 Å². The van der Waals surface area contributed by atoms with Crippen molar-refractivity contribution in [1.29, 1.82) is 0 Å². The molecule has 1 nitrogen and oxygen atoms in total. The van der Waals surface area contributed by atoms with E-state index in [-0.39, 0.29) is 11.0 Å². The molecule has 1 aromatic carbocycles. The molecule has 0 aromatic heterocycles. The maximum absolute atomic E-state index is 11.6. The van der Waals surface area contributed by atoms with E-state index in [1.165, 1.54) is 17.3 Å². The number of carbonyl (C=O) groups is 1. The van der Waals surface area contributed by atoms with Crippen LogP contribution in [-0.4, -0.2) is 10.9 Å². The fraction of sp³-hybridized carbons (Fsp3) is 0.357. The fourth-order valence-corrected chi connectivity index (χ4v) is 2.33. The lowest BCUT2D eigenvalue weighted by atomic mass is 9.93. The molecule has 0 bridgehead atoms. The van der Waals surface area contributed by atoms with Crippen molar-refractivity contribution in [3.63, 3.8) is 0 Å². The van der Waals surface area contributed by atoms with E-state index in [1.54, 1.807) is 0 Å². The third-order valence-corrected chi connectivity index (χ3v) is 3.22. The van der Waals surface area contributed by atoms with Crippen molar-refractivity contribution < 1.29 is 4.79 Å². The van der Waals surface area contributed by atoms with E-state index in [4.69, 9.17) is 0 Å². The zero-order valence-electron chi connectivity index (χ0n) is 9.69. The van der Waals surface area contributed by atoms with Crippen LogP contribution in [0.25, 0.3) is 0 Å². The van der Waals surface area contributed by atoms with Gasteiger partial charge in [-0.15, -0.1) is 6.58 Å². The Morgan fingerprint density at radius 1 is 1.44 bits per heavy atom. The average Bonchev–Trinajstić information content (AvgIpc) is 2.30. The highest BCUT2D eigenvalue weighted by Crippen LogP contribution is 2.26. The second-order valence-corrected chi connectivity index (χ2v) is 4.96. The van der Waals surface area contributed by atoms with Gasteiger partial charge in [-0.3, -0.25) is 4.79 Å². The standard InChI is InChI=1S/C14H18OS/c1-3-8-13(11-14(15)16-4-2)12-9-6-5-7-10-12/h3,5-7,9-10,13H,1,4,8,11H2,2H3. The Labute approximate surface area is 102 Å². The lowest BCUT2D eigenvalue weighted by Crippen LogP contribution is -2.04. The molecule has 0 N–H and O–H groups in total. The van der Waals surface area contributed by atoms with Gasteiger partial charge in [0.25, 0.3) is 0 Å². The van der Waals surface area contributed by atoms with Crippen molar-refractivity contribution in [3.05, 3.63) is 48.6 Å². The minimum absolute atomic E-state index is 0.276. The van der Waals surface area contributed by atoms with Gasteiger partial charge in [0, 0.05) is 6.42 Å². The Morgan fingerprint density at radius 2 is 2.12 bits per heavy atom. The van der Waals surface area contributed by atoms with E-state index in [0.717, 1.165) is 12.2 Å². The maximum atomic E-state index is 11.6. The van der Waals surface area contributed by atoms with Gasteiger partial charge in [-0.05, 0) is 23.7 Å². The van der Waals surface area contributed by atoms with Crippen LogP contribution in [0.4, 0.5) is 0 Å². The molecule has 0 radical (unpaired) electrons. The van der Waals surface area contributed by atoms with Crippen LogP contribution in [-0.2, 0) is 4.79 Å². The third kappa shape index (κ3) is 4.23. The molecule has 86 valence electrons. The van der Waals surface area contributed by atoms with Crippen molar-refractivity contribution in [1.82, 2.24) is 0 Å². The molecule has 0 aliphatic heterocycles. The van der Waals surface area contributed by atoms with Crippen LogP contribution in [0, 0.1) is 0 Å². The van der Waals surface area contributed by atoms with Gasteiger partial charge >= 0.3 is 0 Å². The summed E-state index contributed by atoms with van der Waals surface area (Å²) in [6, 6.07) is 10.2. The molecule has 0 heterocycles. The molecule has 0 spiro atoms. The van der Waals surface area contributed by atoms with Crippen LogP contribution in [0.5, 0.6) is 0 Å². The van der Waals surface area contributed by atoms with Gasteiger partial charge in [-0.25, -0.2) is 0 Å². The Bertz CT molecular complexity index is 332.